The van der Waals surface area contributed by atoms with Crippen LogP contribution >= 0.6 is 12.6 Å². The molecule has 4 nitrogen and oxygen atoms in total. The Labute approximate surface area is 121 Å². The molecule has 1 heterocycles. The number of carbonyl (C=O) groups excluding carboxylic acids is 2. The van der Waals surface area contributed by atoms with Gasteiger partial charge in [-0.3, -0.25) is 4.79 Å². The summed E-state index contributed by atoms with van der Waals surface area (Å²) in [5.41, 5.74) is 0. The van der Waals surface area contributed by atoms with Crippen molar-refractivity contribution >= 4 is 24.3 Å². The molecular formula is C14H25NO3S. The fourth-order valence-electron chi connectivity index (χ4n) is 2.48. The van der Waals surface area contributed by atoms with Gasteiger partial charge in [0.25, 0.3) is 0 Å². The Morgan fingerprint density at radius 3 is 2.53 bits per heavy atom. The number of unbranched alkanes of at least 4 members (excludes halogenated alkanes) is 2. The lowest BCUT2D eigenvalue weighted by Crippen LogP contribution is -2.40. The summed E-state index contributed by atoms with van der Waals surface area (Å²) in [6.07, 6.45) is 2.83. The van der Waals surface area contributed by atoms with Gasteiger partial charge in [0, 0.05) is 30.1 Å². The van der Waals surface area contributed by atoms with Crippen LogP contribution in [-0.4, -0.2) is 39.2 Å². The molecule has 1 amide bonds. The van der Waals surface area contributed by atoms with Gasteiger partial charge in [-0.05, 0) is 19.8 Å². The molecule has 0 spiro atoms. The van der Waals surface area contributed by atoms with E-state index in [4.69, 9.17) is 0 Å². The number of rotatable bonds is 7. The van der Waals surface area contributed by atoms with E-state index in [1.54, 1.807) is 11.8 Å². The zero-order chi connectivity index (χ0) is 14.6. The number of aliphatic hydroxyl groups excluding tert-OH is 1. The second-order valence-corrected chi connectivity index (χ2v) is 7.13. The van der Waals surface area contributed by atoms with Crippen LogP contribution in [0.3, 0.4) is 0 Å². The third-order valence-electron chi connectivity index (χ3n) is 3.73. The number of ketones is 1. The number of hydrogen-bond acceptors (Lipinski definition) is 4. The molecule has 1 aliphatic heterocycles. The Bertz CT molecular complexity index is 338. The van der Waals surface area contributed by atoms with Crippen LogP contribution in [-0.2, 0) is 9.59 Å². The standard InChI is InChI=1S/C14H25NO3S/c1-10(16)7-5-4-6-8-15-12(17)9-11(13(15)18)14(2,3)19/h11,13,18-19H,4-9H2,1-3H3. The maximum Gasteiger partial charge on any atom is 0.225 e. The molecule has 0 saturated carbocycles. The molecule has 2 unspecified atom stereocenters. The van der Waals surface area contributed by atoms with Crippen molar-refractivity contribution in [2.75, 3.05) is 6.54 Å². The van der Waals surface area contributed by atoms with E-state index in [-0.39, 0.29) is 22.4 Å². The van der Waals surface area contributed by atoms with Crippen LogP contribution in [0.2, 0.25) is 0 Å². The van der Waals surface area contributed by atoms with E-state index in [0.29, 0.717) is 19.4 Å². The van der Waals surface area contributed by atoms with Crippen molar-refractivity contribution in [2.45, 2.75) is 63.9 Å². The van der Waals surface area contributed by atoms with Crippen molar-refractivity contribution in [1.82, 2.24) is 4.90 Å². The lowest BCUT2D eigenvalue weighted by Gasteiger charge is -2.30. The minimum atomic E-state index is -0.729. The summed E-state index contributed by atoms with van der Waals surface area (Å²) in [4.78, 5) is 24.3. The first kappa shape index (κ1) is 16.5. The highest BCUT2D eigenvalue weighted by Crippen LogP contribution is 2.36. The minimum Gasteiger partial charge on any atom is -0.373 e. The fourth-order valence-corrected chi connectivity index (χ4v) is 2.70. The van der Waals surface area contributed by atoms with E-state index in [1.807, 2.05) is 13.8 Å². The number of likely N-dealkylation sites (tertiary alicyclic amines) is 1. The number of amides is 1. The summed E-state index contributed by atoms with van der Waals surface area (Å²) >= 11 is 4.46. The highest BCUT2D eigenvalue weighted by Gasteiger charge is 2.44. The van der Waals surface area contributed by atoms with Crippen LogP contribution in [0.15, 0.2) is 0 Å². The van der Waals surface area contributed by atoms with E-state index in [2.05, 4.69) is 12.6 Å². The number of Topliss-reactive ketones (excluding diaryl/α,β-unsaturated/α-hetero) is 1. The van der Waals surface area contributed by atoms with Crippen LogP contribution in [0.5, 0.6) is 0 Å². The Morgan fingerprint density at radius 1 is 1.42 bits per heavy atom. The summed E-state index contributed by atoms with van der Waals surface area (Å²) in [5, 5.41) is 10.2. The first-order valence-corrected chi connectivity index (χ1v) is 7.37. The second-order valence-electron chi connectivity index (χ2n) is 5.98. The Balaban J connectivity index is 2.38. The zero-order valence-electron chi connectivity index (χ0n) is 12.1. The number of hydrogen-bond donors (Lipinski definition) is 2. The van der Waals surface area contributed by atoms with Gasteiger partial charge in [0.1, 0.15) is 12.0 Å². The molecule has 110 valence electrons. The highest BCUT2D eigenvalue weighted by atomic mass is 32.1. The Morgan fingerprint density at radius 2 is 2.05 bits per heavy atom. The number of nitrogens with zero attached hydrogens (tertiary/aromatic N) is 1. The van der Waals surface area contributed by atoms with Crippen LogP contribution in [0, 0.1) is 5.92 Å². The quantitative estimate of drug-likeness (QED) is 0.556. The Kier molecular flexibility index (Phi) is 5.86. The van der Waals surface area contributed by atoms with Gasteiger partial charge in [0.2, 0.25) is 5.91 Å². The normalized spacial score (nSPS) is 24.1. The predicted molar refractivity (Wildman–Crippen MR) is 78.0 cm³/mol. The van der Waals surface area contributed by atoms with E-state index >= 15 is 0 Å². The molecule has 2 atom stereocenters. The van der Waals surface area contributed by atoms with E-state index in [1.165, 1.54) is 0 Å². The number of aliphatic hydroxyl groups is 1. The molecule has 0 aliphatic carbocycles. The zero-order valence-corrected chi connectivity index (χ0v) is 12.9. The monoisotopic (exact) mass is 287 g/mol. The molecule has 0 bridgehead atoms. The third kappa shape index (κ3) is 4.80. The third-order valence-corrected chi connectivity index (χ3v) is 4.06. The lowest BCUT2D eigenvalue weighted by atomic mass is 9.92. The van der Waals surface area contributed by atoms with E-state index in [9.17, 15) is 14.7 Å². The summed E-state index contributed by atoms with van der Waals surface area (Å²) in [7, 11) is 0. The topological polar surface area (TPSA) is 57.6 Å². The first-order chi connectivity index (χ1) is 8.73. The van der Waals surface area contributed by atoms with Crippen molar-refractivity contribution in [3.8, 4) is 0 Å². The molecule has 5 heteroatoms. The van der Waals surface area contributed by atoms with Gasteiger partial charge in [0.05, 0.1) is 0 Å². The van der Waals surface area contributed by atoms with Gasteiger partial charge >= 0.3 is 0 Å². The maximum atomic E-state index is 11.9. The number of carbonyl (C=O) groups is 2. The van der Waals surface area contributed by atoms with E-state index in [0.717, 1.165) is 19.3 Å². The average molecular weight is 287 g/mol. The van der Waals surface area contributed by atoms with Crippen LogP contribution in [0.25, 0.3) is 0 Å². The summed E-state index contributed by atoms with van der Waals surface area (Å²) in [6, 6.07) is 0. The lowest BCUT2D eigenvalue weighted by molar-refractivity contribution is -0.133. The predicted octanol–water partition coefficient (Wildman–Crippen LogP) is 2.01. The molecular weight excluding hydrogens is 262 g/mol. The molecule has 0 aromatic rings. The summed E-state index contributed by atoms with van der Waals surface area (Å²) in [5.74, 6) is 0.0842. The largest absolute Gasteiger partial charge is 0.373 e. The van der Waals surface area contributed by atoms with Crippen LogP contribution in [0.1, 0.15) is 52.9 Å². The van der Waals surface area contributed by atoms with Gasteiger partial charge in [-0.25, -0.2) is 0 Å². The SMILES string of the molecule is CC(=O)CCCCCN1C(=O)CC(C(C)(C)S)C1O. The van der Waals surface area contributed by atoms with Crippen molar-refractivity contribution in [3.05, 3.63) is 0 Å². The molecule has 1 N–H and O–H groups in total. The number of thiol groups is 1. The van der Waals surface area contributed by atoms with Crippen molar-refractivity contribution in [2.24, 2.45) is 5.92 Å². The molecule has 1 rings (SSSR count). The van der Waals surface area contributed by atoms with E-state index < -0.39 is 6.23 Å². The van der Waals surface area contributed by atoms with Gasteiger partial charge in [-0.15, -0.1) is 0 Å². The average Bonchev–Trinajstić information content (AvgIpc) is 2.55. The molecule has 0 radical (unpaired) electrons. The molecule has 0 aromatic carbocycles. The molecule has 0 aromatic heterocycles. The molecule has 1 fully saturated rings. The molecule has 1 saturated heterocycles. The second kappa shape index (κ2) is 6.75. The summed E-state index contributed by atoms with van der Waals surface area (Å²) in [6.45, 7) is 6.01. The first-order valence-electron chi connectivity index (χ1n) is 6.93. The highest BCUT2D eigenvalue weighted by molar-refractivity contribution is 7.81. The summed E-state index contributed by atoms with van der Waals surface area (Å²) < 4.78 is -0.363. The van der Waals surface area contributed by atoms with Crippen molar-refractivity contribution < 1.29 is 14.7 Å². The van der Waals surface area contributed by atoms with Crippen molar-refractivity contribution in [1.29, 1.82) is 0 Å². The smallest absolute Gasteiger partial charge is 0.225 e. The van der Waals surface area contributed by atoms with Crippen LogP contribution in [0.4, 0.5) is 0 Å². The van der Waals surface area contributed by atoms with Crippen LogP contribution < -0.4 is 0 Å². The molecule has 1 aliphatic rings. The minimum absolute atomic E-state index is 0.00573. The van der Waals surface area contributed by atoms with Gasteiger partial charge < -0.3 is 14.8 Å². The van der Waals surface area contributed by atoms with Gasteiger partial charge in [-0.2, -0.15) is 12.6 Å². The van der Waals surface area contributed by atoms with Gasteiger partial charge in [0.15, 0.2) is 0 Å². The van der Waals surface area contributed by atoms with Crippen molar-refractivity contribution in [3.63, 3.8) is 0 Å². The molecule has 19 heavy (non-hydrogen) atoms. The fraction of sp³-hybridized carbons (Fsp3) is 0.857. The van der Waals surface area contributed by atoms with Gasteiger partial charge in [-0.1, -0.05) is 20.3 Å². The Hall–Kier alpha value is -0.550. The maximum absolute atomic E-state index is 11.9.